The smallest absolute Gasteiger partial charge is 0.280 e. The van der Waals surface area contributed by atoms with Gasteiger partial charge in [-0.15, -0.1) is 0 Å². The third-order valence-electron chi connectivity index (χ3n) is 10.2. The van der Waals surface area contributed by atoms with Gasteiger partial charge in [-0.05, 0) is 54.3 Å². The lowest BCUT2D eigenvalue weighted by Crippen LogP contribution is -2.63. The van der Waals surface area contributed by atoms with Crippen LogP contribution in [0, 0.1) is 5.82 Å². The molecule has 0 N–H and O–H groups in total. The van der Waals surface area contributed by atoms with Crippen molar-refractivity contribution < 1.29 is 31.4 Å². The number of ether oxygens (including phenoxy) is 2. The Morgan fingerprint density at radius 2 is 1.43 bits per heavy atom. The first-order valence-corrected chi connectivity index (χ1v) is 18.1. The first-order valence-electron chi connectivity index (χ1n) is 17.7. The molecule has 2 saturated heterocycles. The summed E-state index contributed by atoms with van der Waals surface area (Å²) in [6, 6.07) is 25.3. The first kappa shape index (κ1) is 36.9. The van der Waals surface area contributed by atoms with Crippen molar-refractivity contribution in [2.75, 3.05) is 44.2 Å². The molecular weight excluding hydrogens is 711 g/mol. The van der Waals surface area contributed by atoms with E-state index >= 15 is 17.6 Å². The number of hydrogen-bond acceptors (Lipinski definition) is 6. The number of aromatic nitrogens is 1. The second kappa shape index (κ2) is 15.5. The van der Waals surface area contributed by atoms with E-state index < -0.39 is 41.9 Å². The quantitative estimate of drug-likeness (QED) is 0.151. The van der Waals surface area contributed by atoms with Gasteiger partial charge in [0, 0.05) is 44.4 Å². The molecule has 0 radical (unpaired) electrons. The van der Waals surface area contributed by atoms with Crippen LogP contribution in [0.5, 0.6) is 11.8 Å². The van der Waals surface area contributed by atoms with Gasteiger partial charge in [0.05, 0.1) is 29.3 Å². The van der Waals surface area contributed by atoms with Gasteiger partial charge in [0.25, 0.3) is 5.92 Å². The molecule has 0 bridgehead atoms. The van der Waals surface area contributed by atoms with Gasteiger partial charge in [-0.2, -0.15) is 4.98 Å². The molecule has 7 rings (SSSR count). The van der Waals surface area contributed by atoms with Crippen LogP contribution in [0.4, 0.5) is 27.6 Å². The van der Waals surface area contributed by atoms with Gasteiger partial charge >= 0.3 is 0 Å². The van der Waals surface area contributed by atoms with Crippen molar-refractivity contribution >= 4 is 17.3 Å². The lowest BCUT2D eigenvalue weighted by atomic mass is 9.90. The zero-order valence-electron chi connectivity index (χ0n) is 29.2. The van der Waals surface area contributed by atoms with E-state index in [0.717, 1.165) is 18.1 Å². The van der Waals surface area contributed by atoms with Gasteiger partial charge in [0.15, 0.2) is 11.5 Å². The highest BCUT2D eigenvalue weighted by Crippen LogP contribution is 2.40. The molecule has 4 aromatic rings. The minimum atomic E-state index is -3.15. The Bertz CT molecular complexity index is 1950. The second-order valence-electron chi connectivity index (χ2n) is 13.8. The van der Waals surface area contributed by atoms with Crippen molar-refractivity contribution in [2.24, 2.45) is 0 Å². The van der Waals surface area contributed by atoms with Crippen LogP contribution in [0.15, 0.2) is 114 Å². The van der Waals surface area contributed by atoms with Crippen molar-refractivity contribution in [3.63, 3.8) is 0 Å². The number of alkyl halides is 3. The summed E-state index contributed by atoms with van der Waals surface area (Å²) in [6.45, 7) is 2.35. The predicted octanol–water partition coefficient (Wildman–Crippen LogP) is 8.96. The van der Waals surface area contributed by atoms with Crippen molar-refractivity contribution in [1.82, 2.24) is 14.8 Å². The van der Waals surface area contributed by atoms with Crippen LogP contribution in [0.3, 0.4) is 0 Å². The SMILES string of the molecule is CC1(F)C(F)=C(Cl)C=CC1N1CCN([C@H]2CCN(c3ccc(-c4ccc(OCc5ccccc5)nc4OCc4ccccc4)cc3F)CC2(F)F)CC1. The molecule has 1 aromatic heterocycles. The monoisotopic (exact) mass is 750 g/mol. The number of pyridine rings is 1. The van der Waals surface area contributed by atoms with Gasteiger partial charge < -0.3 is 14.4 Å². The number of hydrogen-bond donors (Lipinski definition) is 0. The summed E-state index contributed by atoms with van der Waals surface area (Å²) in [5, 5.41) is -0.268. The molecule has 2 fully saturated rings. The molecule has 3 heterocycles. The molecule has 12 heteroatoms. The molecule has 3 aromatic carbocycles. The summed E-state index contributed by atoms with van der Waals surface area (Å²) < 4.78 is 89.4. The van der Waals surface area contributed by atoms with Crippen molar-refractivity contribution in [3.05, 3.63) is 131 Å². The van der Waals surface area contributed by atoms with Gasteiger partial charge in [0.1, 0.15) is 19.0 Å². The van der Waals surface area contributed by atoms with Crippen LogP contribution in [0.2, 0.25) is 0 Å². The Morgan fingerprint density at radius 3 is 2.08 bits per heavy atom. The summed E-state index contributed by atoms with van der Waals surface area (Å²) in [5.41, 5.74) is 0.673. The van der Waals surface area contributed by atoms with E-state index in [9.17, 15) is 4.39 Å². The van der Waals surface area contributed by atoms with Crippen molar-refractivity contribution in [3.8, 4) is 22.9 Å². The number of anilines is 1. The molecule has 278 valence electrons. The average Bonchev–Trinajstić information content (AvgIpc) is 3.16. The summed E-state index contributed by atoms with van der Waals surface area (Å²) in [4.78, 5) is 9.47. The fourth-order valence-corrected chi connectivity index (χ4v) is 7.65. The molecule has 53 heavy (non-hydrogen) atoms. The third-order valence-corrected chi connectivity index (χ3v) is 10.5. The Balaban J connectivity index is 1.03. The van der Waals surface area contributed by atoms with E-state index in [1.807, 2.05) is 60.7 Å². The van der Waals surface area contributed by atoms with Crippen LogP contribution >= 0.6 is 11.6 Å². The van der Waals surface area contributed by atoms with Gasteiger partial charge in [-0.3, -0.25) is 9.80 Å². The lowest BCUT2D eigenvalue weighted by Gasteiger charge is -2.48. The van der Waals surface area contributed by atoms with E-state index in [2.05, 4.69) is 4.98 Å². The zero-order chi connectivity index (χ0) is 37.2. The van der Waals surface area contributed by atoms with Crippen LogP contribution in [-0.4, -0.2) is 77.7 Å². The molecule has 2 unspecified atom stereocenters. The number of halogens is 6. The highest BCUT2D eigenvalue weighted by Gasteiger charge is 2.50. The normalized spacial score (nSPS) is 23.6. The maximum absolute atomic E-state index is 15.9. The molecule has 1 aliphatic carbocycles. The van der Waals surface area contributed by atoms with E-state index in [4.69, 9.17) is 21.1 Å². The standard InChI is InChI=1S/C41H40ClF5N4O2/c1-40(45)35(16-14-32(42)38(40)44)49-20-22-50(23-21-49)36-18-19-51(27-41(36,46)47)34-15-12-30(24-33(34)43)31-13-17-37(52-25-28-8-4-2-5-9-28)48-39(31)53-26-29-10-6-3-7-11-29/h2-17,24,35-36H,18-23,25-27H2,1H3/t35?,36-,40?/m0/s1. The maximum atomic E-state index is 15.9. The van der Waals surface area contributed by atoms with E-state index in [-0.39, 0.29) is 62.4 Å². The van der Waals surface area contributed by atoms with Gasteiger partial charge in [-0.25, -0.2) is 22.0 Å². The van der Waals surface area contributed by atoms with E-state index in [1.165, 1.54) is 29.2 Å². The third kappa shape index (κ3) is 8.07. The molecule has 3 aliphatic rings. The molecule has 0 saturated carbocycles. The fourth-order valence-electron chi connectivity index (χ4n) is 7.39. The number of rotatable bonds is 10. The molecule has 0 amide bonds. The Kier molecular flexibility index (Phi) is 10.8. The topological polar surface area (TPSA) is 41.1 Å². The highest BCUT2D eigenvalue weighted by atomic mass is 35.5. The molecule has 0 spiro atoms. The highest BCUT2D eigenvalue weighted by molar-refractivity contribution is 6.31. The van der Waals surface area contributed by atoms with Gasteiger partial charge in [-0.1, -0.05) is 84.4 Å². The van der Waals surface area contributed by atoms with Crippen LogP contribution in [-0.2, 0) is 13.2 Å². The largest absolute Gasteiger partial charge is 0.473 e. The molecular formula is C41H40ClF5N4O2. The second-order valence-corrected chi connectivity index (χ2v) is 14.2. The molecule has 3 atom stereocenters. The number of nitrogens with zero attached hydrogens (tertiary/aromatic N) is 4. The lowest BCUT2D eigenvalue weighted by molar-refractivity contribution is -0.101. The Labute approximate surface area is 311 Å². The number of allylic oxidation sites excluding steroid dienone is 2. The van der Waals surface area contributed by atoms with Gasteiger partial charge in [0.2, 0.25) is 11.8 Å². The Hall–Kier alpha value is -4.45. The maximum Gasteiger partial charge on any atom is 0.280 e. The van der Waals surface area contributed by atoms with E-state index in [0.29, 0.717) is 23.6 Å². The minimum Gasteiger partial charge on any atom is -0.473 e. The summed E-state index contributed by atoms with van der Waals surface area (Å²) in [6.07, 6.45) is 2.98. The van der Waals surface area contributed by atoms with Crippen LogP contribution in [0.1, 0.15) is 24.5 Å². The number of piperazine rings is 1. The number of benzene rings is 3. The summed E-state index contributed by atoms with van der Waals surface area (Å²) in [7, 11) is 0. The van der Waals surface area contributed by atoms with Crippen molar-refractivity contribution in [2.45, 2.75) is 50.2 Å². The summed E-state index contributed by atoms with van der Waals surface area (Å²) >= 11 is 5.81. The zero-order valence-corrected chi connectivity index (χ0v) is 30.0. The van der Waals surface area contributed by atoms with Crippen molar-refractivity contribution in [1.29, 1.82) is 0 Å². The predicted molar refractivity (Wildman–Crippen MR) is 196 cm³/mol. The first-order chi connectivity index (χ1) is 25.5. The fraction of sp³-hybridized carbons (Fsp3) is 0.341. The Morgan fingerprint density at radius 1 is 0.792 bits per heavy atom. The summed E-state index contributed by atoms with van der Waals surface area (Å²) in [5.74, 6) is -4.22. The average molecular weight is 751 g/mol. The van der Waals surface area contributed by atoms with Crippen LogP contribution < -0.4 is 14.4 Å². The minimum absolute atomic E-state index is 0.0827. The number of piperidine rings is 1. The molecule has 6 nitrogen and oxygen atoms in total. The van der Waals surface area contributed by atoms with E-state index in [1.54, 1.807) is 28.0 Å². The van der Waals surface area contributed by atoms with Crippen LogP contribution in [0.25, 0.3) is 11.1 Å². The molecule has 2 aliphatic heterocycles.